The van der Waals surface area contributed by atoms with Crippen LogP contribution in [-0.4, -0.2) is 12.1 Å². The molecule has 0 aliphatic heterocycles. The Hall–Kier alpha value is -0.0400. The molecule has 0 aromatic carbocycles. The van der Waals surface area contributed by atoms with E-state index >= 15 is 0 Å². The Balaban J connectivity index is 3.62. The lowest BCUT2D eigenvalue weighted by molar-refractivity contribution is 0.340. The van der Waals surface area contributed by atoms with Crippen LogP contribution in [-0.2, 0) is 0 Å². The lowest BCUT2D eigenvalue weighted by atomic mass is 9.96. The summed E-state index contributed by atoms with van der Waals surface area (Å²) in [5.41, 5.74) is 0.384. The summed E-state index contributed by atoms with van der Waals surface area (Å²) in [6.45, 7) is 9.97. The van der Waals surface area contributed by atoms with Crippen molar-refractivity contribution >= 4 is 0 Å². The molecule has 9 heavy (non-hydrogen) atoms. The van der Waals surface area contributed by atoms with Gasteiger partial charge in [-0.25, -0.2) is 0 Å². The summed E-state index contributed by atoms with van der Waals surface area (Å²) in [6, 6.07) is 0. The molecule has 0 bridgehead atoms. The van der Waals surface area contributed by atoms with Crippen LogP contribution in [0, 0.1) is 0 Å². The van der Waals surface area contributed by atoms with E-state index in [2.05, 4.69) is 33.0 Å². The third-order valence-electron chi connectivity index (χ3n) is 2.16. The number of nitrogens with one attached hydrogen (secondary N) is 1. The molecule has 1 heteroatoms. The van der Waals surface area contributed by atoms with Crippen LogP contribution in [0.1, 0.15) is 40.5 Å². The van der Waals surface area contributed by atoms with Gasteiger partial charge in [-0.05, 0) is 26.3 Å². The molecule has 0 aromatic heterocycles. The molecular formula is C8H19N. The predicted molar refractivity (Wildman–Crippen MR) is 42.7 cm³/mol. The summed E-state index contributed by atoms with van der Waals surface area (Å²) in [5, 5.41) is 3.46. The highest BCUT2D eigenvalue weighted by atomic mass is 14.9. The first kappa shape index (κ1) is 8.96. The van der Waals surface area contributed by atoms with Crippen LogP contribution in [0.15, 0.2) is 0 Å². The summed E-state index contributed by atoms with van der Waals surface area (Å²) >= 11 is 0. The molecule has 0 aliphatic rings. The van der Waals surface area contributed by atoms with Gasteiger partial charge in [0.25, 0.3) is 0 Å². The average Bonchev–Trinajstić information content (AvgIpc) is 1.89. The fourth-order valence-electron chi connectivity index (χ4n) is 0.927. The summed E-state index contributed by atoms with van der Waals surface area (Å²) in [6.07, 6.45) is 2.44. The molecule has 0 saturated carbocycles. The number of rotatable bonds is 4. The average molecular weight is 129 g/mol. The van der Waals surface area contributed by atoms with E-state index in [4.69, 9.17) is 0 Å². The summed E-state index contributed by atoms with van der Waals surface area (Å²) in [5.74, 6) is 0. The first-order valence-electron chi connectivity index (χ1n) is 3.93. The zero-order valence-corrected chi connectivity index (χ0v) is 7.12. The molecule has 0 amide bonds. The van der Waals surface area contributed by atoms with Crippen molar-refractivity contribution in [2.24, 2.45) is 0 Å². The van der Waals surface area contributed by atoms with Crippen LogP contribution in [0.25, 0.3) is 0 Å². The van der Waals surface area contributed by atoms with Crippen LogP contribution in [0.4, 0.5) is 0 Å². The van der Waals surface area contributed by atoms with Crippen molar-refractivity contribution < 1.29 is 0 Å². The Bertz CT molecular complexity index is 65.0. The van der Waals surface area contributed by atoms with Crippen molar-refractivity contribution in [2.75, 3.05) is 6.54 Å². The van der Waals surface area contributed by atoms with Gasteiger partial charge >= 0.3 is 0 Å². The highest BCUT2D eigenvalue weighted by Crippen LogP contribution is 2.12. The minimum atomic E-state index is 0.384. The van der Waals surface area contributed by atoms with Crippen molar-refractivity contribution in [1.29, 1.82) is 0 Å². The third kappa shape index (κ3) is 2.85. The molecule has 0 aromatic rings. The van der Waals surface area contributed by atoms with Crippen molar-refractivity contribution in [2.45, 2.75) is 46.1 Å². The fourth-order valence-corrected chi connectivity index (χ4v) is 0.927. The van der Waals surface area contributed by atoms with Gasteiger partial charge in [0, 0.05) is 5.54 Å². The van der Waals surface area contributed by atoms with E-state index < -0.39 is 0 Å². The molecule has 0 heterocycles. The van der Waals surface area contributed by atoms with E-state index in [1.165, 1.54) is 12.8 Å². The molecule has 0 saturated heterocycles. The summed E-state index contributed by atoms with van der Waals surface area (Å²) in [7, 11) is 0. The minimum Gasteiger partial charge on any atom is -0.312 e. The second kappa shape index (κ2) is 3.89. The first-order chi connectivity index (χ1) is 4.18. The smallest absolute Gasteiger partial charge is 0.0148 e. The Labute approximate surface area is 58.8 Å². The van der Waals surface area contributed by atoms with Crippen molar-refractivity contribution in [3.05, 3.63) is 0 Å². The van der Waals surface area contributed by atoms with E-state index in [0.717, 1.165) is 6.54 Å². The number of hydrogen-bond donors (Lipinski definition) is 1. The number of hydrogen-bond acceptors (Lipinski definition) is 1. The van der Waals surface area contributed by atoms with Gasteiger partial charge in [-0.15, -0.1) is 0 Å². The Kier molecular flexibility index (Phi) is 3.87. The van der Waals surface area contributed by atoms with E-state index in [1.54, 1.807) is 0 Å². The molecule has 1 nitrogen and oxygen atoms in total. The van der Waals surface area contributed by atoms with E-state index in [-0.39, 0.29) is 0 Å². The molecule has 0 radical (unpaired) electrons. The normalized spacial score (nSPS) is 12.0. The molecule has 0 fully saturated rings. The molecule has 0 atom stereocenters. The molecule has 0 rings (SSSR count). The van der Waals surface area contributed by atoms with Gasteiger partial charge < -0.3 is 5.32 Å². The molecule has 0 aliphatic carbocycles. The topological polar surface area (TPSA) is 12.0 Å². The Morgan fingerprint density at radius 2 is 1.56 bits per heavy atom. The maximum absolute atomic E-state index is 3.46. The van der Waals surface area contributed by atoms with E-state index in [0.29, 0.717) is 5.54 Å². The highest BCUT2D eigenvalue weighted by molar-refractivity contribution is 4.78. The van der Waals surface area contributed by atoms with Gasteiger partial charge in [0.05, 0.1) is 0 Å². The molecule has 0 unspecified atom stereocenters. The van der Waals surface area contributed by atoms with Gasteiger partial charge in [0.1, 0.15) is 0 Å². The van der Waals surface area contributed by atoms with Gasteiger partial charge in [0.2, 0.25) is 0 Å². The van der Waals surface area contributed by atoms with E-state index in [9.17, 15) is 0 Å². The monoisotopic (exact) mass is 129 g/mol. The van der Waals surface area contributed by atoms with Crippen LogP contribution >= 0.6 is 0 Å². The van der Waals surface area contributed by atoms with Crippen molar-refractivity contribution in [1.82, 2.24) is 5.32 Å². The fraction of sp³-hybridized carbons (Fsp3) is 1.00. The molecular weight excluding hydrogens is 110 g/mol. The van der Waals surface area contributed by atoms with Crippen molar-refractivity contribution in [3.8, 4) is 0 Å². The molecule has 56 valence electrons. The third-order valence-corrected chi connectivity index (χ3v) is 2.16. The first-order valence-corrected chi connectivity index (χ1v) is 3.93. The second-order valence-electron chi connectivity index (χ2n) is 2.80. The van der Waals surface area contributed by atoms with Gasteiger partial charge in [0.15, 0.2) is 0 Å². The van der Waals surface area contributed by atoms with Crippen LogP contribution in [0.5, 0.6) is 0 Å². The standard InChI is InChI=1S/C8H19N/c1-5-8(4,6-2)9-7-3/h9H,5-7H2,1-4H3. The SMILES string of the molecule is CCNC(C)(CC)CC. The zero-order valence-electron chi connectivity index (χ0n) is 7.12. The summed E-state index contributed by atoms with van der Waals surface area (Å²) < 4.78 is 0. The van der Waals surface area contributed by atoms with Crippen LogP contribution < -0.4 is 5.32 Å². The van der Waals surface area contributed by atoms with Crippen molar-refractivity contribution in [3.63, 3.8) is 0 Å². The Morgan fingerprint density at radius 1 is 1.11 bits per heavy atom. The van der Waals surface area contributed by atoms with Crippen LogP contribution in [0.2, 0.25) is 0 Å². The molecule has 0 spiro atoms. The van der Waals surface area contributed by atoms with E-state index in [1.807, 2.05) is 0 Å². The summed E-state index contributed by atoms with van der Waals surface area (Å²) in [4.78, 5) is 0. The quantitative estimate of drug-likeness (QED) is 0.613. The van der Waals surface area contributed by atoms with Gasteiger partial charge in [-0.2, -0.15) is 0 Å². The highest BCUT2D eigenvalue weighted by Gasteiger charge is 2.16. The minimum absolute atomic E-state index is 0.384. The lowest BCUT2D eigenvalue weighted by Gasteiger charge is -2.27. The van der Waals surface area contributed by atoms with Gasteiger partial charge in [-0.1, -0.05) is 20.8 Å². The van der Waals surface area contributed by atoms with Crippen LogP contribution in [0.3, 0.4) is 0 Å². The second-order valence-corrected chi connectivity index (χ2v) is 2.80. The lowest BCUT2D eigenvalue weighted by Crippen LogP contribution is -2.40. The maximum Gasteiger partial charge on any atom is 0.0148 e. The molecule has 1 N–H and O–H groups in total. The zero-order chi connectivity index (χ0) is 7.33. The van der Waals surface area contributed by atoms with Gasteiger partial charge in [-0.3, -0.25) is 0 Å². The predicted octanol–water partition coefficient (Wildman–Crippen LogP) is 2.17. The maximum atomic E-state index is 3.46. The largest absolute Gasteiger partial charge is 0.312 e. The Morgan fingerprint density at radius 3 is 1.67 bits per heavy atom.